The molecule has 2 saturated heterocycles. The first kappa shape index (κ1) is 48.3. The fourth-order valence-corrected chi connectivity index (χ4v) is 11.7. The van der Waals surface area contributed by atoms with Gasteiger partial charge in [0.1, 0.15) is 4.90 Å². The van der Waals surface area contributed by atoms with Gasteiger partial charge in [-0.15, -0.1) is 11.8 Å². The number of nitrogens with zero attached hydrogens (tertiary/aromatic N) is 2. The SMILES string of the molecule is O=C(NS(=O)(=O)c1ccc(N[C@@H](CSc2ccccc2)C[C@@H]2CCCN2CCO)c(S(=O)(=O)C(F)(F)F)c1)c1ccc(N2CCC([C@@H](O)c3ccccc3-c3ccc(Cl)cc3)CC2)cc1. The number of anilines is 2. The maximum Gasteiger partial charge on any atom is 0.501 e. The third kappa shape index (κ3) is 11.7. The number of hydrogen-bond donors (Lipinski definition) is 4. The van der Waals surface area contributed by atoms with Gasteiger partial charge in [0.05, 0.1) is 23.3 Å². The molecule has 2 aliphatic rings. The monoisotopic (exact) mass is 970 g/mol. The Morgan fingerprint density at radius 3 is 2.20 bits per heavy atom. The van der Waals surface area contributed by atoms with Crippen molar-refractivity contribution in [3.63, 3.8) is 0 Å². The molecule has 5 aromatic carbocycles. The summed E-state index contributed by atoms with van der Waals surface area (Å²) in [5.41, 5.74) is -2.79. The van der Waals surface area contributed by atoms with Crippen LogP contribution in [0.25, 0.3) is 11.1 Å². The zero-order chi connectivity index (χ0) is 46.4. The number of sulfonamides is 1. The quantitative estimate of drug-likeness (QED) is 0.0661. The van der Waals surface area contributed by atoms with E-state index in [4.69, 9.17) is 11.6 Å². The Labute approximate surface area is 387 Å². The number of sulfone groups is 1. The molecule has 65 heavy (non-hydrogen) atoms. The number of thioether (sulfide) groups is 1. The van der Waals surface area contributed by atoms with Gasteiger partial charge in [0.25, 0.3) is 25.8 Å². The molecule has 2 heterocycles. The van der Waals surface area contributed by atoms with Crippen molar-refractivity contribution in [2.24, 2.45) is 5.92 Å². The maximum absolute atomic E-state index is 14.2. The molecule has 0 bridgehead atoms. The molecule has 7 rings (SSSR count). The van der Waals surface area contributed by atoms with E-state index in [9.17, 15) is 45.0 Å². The number of alkyl halides is 3. The number of carbonyl (C=O) groups excluding carboxylic acids is 1. The van der Waals surface area contributed by atoms with Crippen LogP contribution in [0.2, 0.25) is 5.02 Å². The predicted octanol–water partition coefficient (Wildman–Crippen LogP) is 8.79. The minimum atomic E-state index is -6.10. The Kier molecular flexibility index (Phi) is 15.5. The molecule has 1 amide bonds. The number of carbonyl (C=O) groups is 1. The summed E-state index contributed by atoms with van der Waals surface area (Å²) in [5.74, 6) is -0.759. The number of nitrogens with one attached hydrogen (secondary N) is 2. The highest BCUT2D eigenvalue weighted by Gasteiger charge is 2.48. The van der Waals surface area contributed by atoms with E-state index in [2.05, 4.69) is 15.1 Å². The van der Waals surface area contributed by atoms with E-state index in [1.54, 1.807) is 12.1 Å². The van der Waals surface area contributed by atoms with Crippen molar-refractivity contribution >= 4 is 60.5 Å². The minimum absolute atomic E-state index is 0.0215. The van der Waals surface area contributed by atoms with E-state index < -0.39 is 58.9 Å². The van der Waals surface area contributed by atoms with Crippen LogP contribution in [0, 0.1) is 5.92 Å². The van der Waals surface area contributed by atoms with Crippen molar-refractivity contribution in [1.29, 1.82) is 0 Å². The van der Waals surface area contributed by atoms with Crippen LogP contribution in [-0.4, -0.2) is 94.0 Å². The van der Waals surface area contributed by atoms with Gasteiger partial charge >= 0.3 is 5.51 Å². The molecule has 346 valence electrons. The number of aliphatic hydroxyl groups is 2. The van der Waals surface area contributed by atoms with Gasteiger partial charge in [0.15, 0.2) is 0 Å². The van der Waals surface area contributed by atoms with Crippen LogP contribution >= 0.6 is 23.4 Å². The molecule has 5 aromatic rings. The number of likely N-dealkylation sites (tertiary alicyclic amines) is 1. The van der Waals surface area contributed by atoms with E-state index in [0.717, 1.165) is 58.8 Å². The minimum Gasteiger partial charge on any atom is -0.395 e. The molecule has 2 aliphatic heterocycles. The number of hydrogen-bond acceptors (Lipinski definition) is 11. The predicted molar refractivity (Wildman–Crippen MR) is 248 cm³/mol. The zero-order valence-corrected chi connectivity index (χ0v) is 38.4. The largest absolute Gasteiger partial charge is 0.501 e. The normalized spacial score (nSPS) is 17.4. The first-order valence-electron chi connectivity index (χ1n) is 21.2. The third-order valence-corrected chi connectivity index (χ3v) is 16.3. The van der Waals surface area contributed by atoms with Crippen molar-refractivity contribution < 1.29 is 45.0 Å². The number of rotatable bonds is 17. The summed E-state index contributed by atoms with van der Waals surface area (Å²) >= 11 is 7.52. The van der Waals surface area contributed by atoms with Gasteiger partial charge in [-0.1, -0.05) is 66.2 Å². The number of benzene rings is 5. The topological polar surface area (TPSA) is 156 Å². The van der Waals surface area contributed by atoms with E-state index in [1.807, 2.05) is 83.6 Å². The van der Waals surface area contributed by atoms with E-state index >= 15 is 0 Å². The number of aliphatic hydroxyl groups excluding tert-OH is 2. The molecule has 0 saturated carbocycles. The van der Waals surface area contributed by atoms with Gasteiger partial charge in [-0.05, 0) is 128 Å². The lowest BCUT2D eigenvalue weighted by Gasteiger charge is -2.36. The summed E-state index contributed by atoms with van der Waals surface area (Å²) < 4.78 is 97.9. The van der Waals surface area contributed by atoms with Crippen LogP contribution in [0.15, 0.2) is 136 Å². The average molecular weight is 972 g/mol. The number of halogens is 4. The summed E-state index contributed by atoms with van der Waals surface area (Å²) in [6, 6.07) is 32.4. The Balaban J connectivity index is 1.04. The highest BCUT2D eigenvalue weighted by Crippen LogP contribution is 2.39. The molecular weight excluding hydrogens is 921 g/mol. The Morgan fingerprint density at radius 2 is 1.52 bits per heavy atom. The second-order valence-electron chi connectivity index (χ2n) is 16.2. The molecule has 0 spiro atoms. The average Bonchev–Trinajstić information content (AvgIpc) is 3.74. The Bertz CT molecular complexity index is 2640. The van der Waals surface area contributed by atoms with Crippen molar-refractivity contribution in [2.45, 2.75) is 70.5 Å². The molecule has 0 radical (unpaired) electrons. The molecular formula is C47H50ClF3N4O7S3. The first-order chi connectivity index (χ1) is 31.0. The Hall–Kier alpha value is -4.62. The summed E-state index contributed by atoms with van der Waals surface area (Å²) in [6.45, 7) is 2.28. The van der Waals surface area contributed by atoms with Gasteiger partial charge in [-0.3, -0.25) is 9.69 Å². The van der Waals surface area contributed by atoms with E-state index in [-0.39, 0.29) is 24.1 Å². The Morgan fingerprint density at radius 1 is 0.846 bits per heavy atom. The van der Waals surface area contributed by atoms with Crippen molar-refractivity contribution in [2.75, 3.05) is 48.8 Å². The summed E-state index contributed by atoms with van der Waals surface area (Å²) in [6.07, 6.45) is 2.67. The highest BCUT2D eigenvalue weighted by molar-refractivity contribution is 7.99. The first-order valence-corrected chi connectivity index (χ1v) is 25.6. The van der Waals surface area contributed by atoms with Crippen LogP contribution < -0.4 is 14.9 Å². The molecule has 18 heteroatoms. The molecule has 0 aromatic heterocycles. The second-order valence-corrected chi connectivity index (χ2v) is 21.3. The molecule has 0 aliphatic carbocycles. The summed E-state index contributed by atoms with van der Waals surface area (Å²) in [7, 11) is -11.0. The fourth-order valence-electron chi connectivity index (χ4n) is 8.59. The molecule has 2 fully saturated rings. The molecule has 3 atom stereocenters. The molecule has 11 nitrogen and oxygen atoms in total. The lowest BCUT2D eigenvalue weighted by molar-refractivity contribution is -0.0435. The lowest BCUT2D eigenvalue weighted by Crippen LogP contribution is -2.38. The second kappa shape index (κ2) is 20.9. The number of piperidine rings is 1. The van der Waals surface area contributed by atoms with Crippen molar-refractivity contribution in [1.82, 2.24) is 9.62 Å². The van der Waals surface area contributed by atoms with Gasteiger partial charge in [0.2, 0.25) is 0 Å². The van der Waals surface area contributed by atoms with Gasteiger partial charge in [-0.25, -0.2) is 21.6 Å². The lowest BCUT2D eigenvalue weighted by atomic mass is 9.84. The molecule has 4 N–H and O–H groups in total. The third-order valence-electron chi connectivity index (χ3n) is 12.0. The fraction of sp³-hybridized carbons (Fsp3) is 0.340. The van der Waals surface area contributed by atoms with Crippen LogP contribution in [-0.2, 0) is 19.9 Å². The highest BCUT2D eigenvalue weighted by atomic mass is 35.5. The summed E-state index contributed by atoms with van der Waals surface area (Å²) in [4.78, 5) is 16.3. The zero-order valence-electron chi connectivity index (χ0n) is 35.2. The van der Waals surface area contributed by atoms with Crippen molar-refractivity contribution in [3.8, 4) is 11.1 Å². The standard InChI is InChI=1S/C47H50ClF3N4O7S3/c48-35-16-12-32(13-17-35)41-10-4-5-11-42(41)45(57)33-22-25-55(26-23-33)37-18-14-34(15-19-37)46(58)53-65(61,62)40-20-21-43(44(30-40)64(59,60)47(49,50)51)52-36(31-63-39-8-2-1-3-9-39)29-38-7-6-24-54(38)27-28-56/h1-5,8-21,30,33,36,38,45,52,56-57H,6-7,22-29,31H2,(H,53,58)/t36-,38+,45-/m1/s1. The van der Waals surface area contributed by atoms with E-state index in [0.29, 0.717) is 55.7 Å². The smallest absolute Gasteiger partial charge is 0.395 e. The molecule has 0 unspecified atom stereocenters. The summed E-state index contributed by atoms with van der Waals surface area (Å²) in [5, 5.41) is 24.7. The van der Waals surface area contributed by atoms with Crippen LogP contribution in [0.4, 0.5) is 24.5 Å². The van der Waals surface area contributed by atoms with Gasteiger partial charge < -0.3 is 20.4 Å². The number of β-amino-alcohol motifs (C(OH)–C–C–N with tert-alkyl or cyclic N) is 1. The van der Waals surface area contributed by atoms with Crippen LogP contribution in [0.1, 0.15) is 54.1 Å². The van der Waals surface area contributed by atoms with Crippen LogP contribution in [0.3, 0.4) is 0 Å². The number of amides is 1. The maximum atomic E-state index is 14.2. The van der Waals surface area contributed by atoms with E-state index in [1.165, 1.54) is 23.9 Å². The van der Waals surface area contributed by atoms with Crippen molar-refractivity contribution in [3.05, 3.63) is 137 Å². The van der Waals surface area contributed by atoms with Gasteiger partial charge in [0, 0.05) is 58.6 Å². The van der Waals surface area contributed by atoms with Crippen LogP contribution in [0.5, 0.6) is 0 Å². The van der Waals surface area contributed by atoms with Gasteiger partial charge in [-0.2, -0.15) is 13.2 Å².